The molecule has 0 unspecified atom stereocenters. The van der Waals surface area contributed by atoms with E-state index in [9.17, 15) is 0 Å². The summed E-state index contributed by atoms with van der Waals surface area (Å²) in [6, 6.07) is 3.90. The van der Waals surface area contributed by atoms with Gasteiger partial charge in [-0.1, -0.05) is 19.4 Å². The highest BCUT2D eigenvalue weighted by Crippen LogP contribution is 2.14. The molecule has 0 saturated carbocycles. The molecule has 0 spiro atoms. The molecule has 0 amide bonds. The molecule has 1 heteroatoms. The Hall–Kier alpha value is -0.980. The summed E-state index contributed by atoms with van der Waals surface area (Å²) in [6.07, 6.45) is 6.24. The average Bonchev–Trinajstić information content (AvgIpc) is 2.52. The van der Waals surface area contributed by atoms with Crippen LogP contribution in [0, 0.1) is 0 Å². The first-order valence-electron chi connectivity index (χ1n) is 4.05. The van der Waals surface area contributed by atoms with E-state index in [2.05, 4.69) is 19.9 Å². The lowest BCUT2D eigenvalue weighted by Crippen LogP contribution is -1.73. The van der Waals surface area contributed by atoms with Gasteiger partial charge in [0.25, 0.3) is 0 Å². The fraction of sp³-hybridized carbons (Fsp3) is 0.400. The molecule has 1 heterocycles. The Bertz CT molecular complexity index is 219. The molecule has 0 fully saturated rings. The van der Waals surface area contributed by atoms with Crippen LogP contribution in [0.4, 0.5) is 0 Å². The van der Waals surface area contributed by atoms with Crippen molar-refractivity contribution in [1.29, 1.82) is 0 Å². The Balaban J connectivity index is 2.62. The number of unbranched alkanes of at least 4 members (excludes halogenated alkanes) is 1. The zero-order valence-corrected chi connectivity index (χ0v) is 7.13. The van der Waals surface area contributed by atoms with E-state index in [0.29, 0.717) is 0 Å². The van der Waals surface area contributed by atoms with Gasteiger partial charge in [0, 0.05) is 0 Å². The number of hydrogen-bond donors (Lipinski definition) is 0. The number of furan rings is 1. The largest absolute Gasteiger partial charge is 0.465 e. The van der Waals surface area contributed by atoms with Crippen molar-refractivity contribution >= 4 is 5.57 Å². The molecule has 1 rings (SSSR count). The lowest BCUT2D eigenvalue weighted by atomic mass is 10.2. The third-order valence-electron chi connectivity index (χ3n) is 1.65. The quantitative estimate of drug-likeness (QED) is 0.643. The summed E-state index contributed by atoms with van der Waals surface area (Å²) in [6.45, 7) is 4.25. The molecule has 0 aliphatic rings. The molecular formula is C10H14O. The SMILES string of the molecule is CCC/C=C(\C)c1ccco1. The van der Waals surface area contributed by atoms with Gasteiger partial charge in [-0.2, -0.15) is 0 Å². The summed E-state index contributed by atoms with van der Waals surface area (Å²) in [5.74, 6) is 0.985. The highest BCUT2D eigenvalue weighted by atomic mass is 16.3. The van der Waals surface area contributed by atoms with Crippen LogP contribution in [0.3, 0.4) is 0 Å². The molecule has 60 valence electrons. The first-order chi connectivity index (χ1) is 5.34. The van der Waals surface area contributed by atoms with Gasteiger partial charge in [-0.15, -0.1) is 0 Å². The smallest absolute Gasteiger partial charge is 0.129 e. The number of rotatable bonds is 3. The topological polar surface area (TPSA) is 13.1 Å². The van der Waals surface area contributed by atoms with Crippen molar-refractivity contribution in [3.05, 3.63) is 30.2 Å². The predicted octanol–water partition coefficient (Wildman–Crippen LogP) is 3.48. The van der Waals surface area contributed by atoms with Crippen molar-refractivity contribution < 1.29 is 4.42 Å². The fourth-order valence-electron chi connectivity index (χ4n) is 0.964. The first-order valence-corrected chi connectivity index (χ1v) is 4.05. The van der Waals surface area contributed by atoms with Crippen molar-refractivity contribution in [2.24, 2.45) is 0 Å². The van der Waals surface area contributed by atoms with Gasteiger partial charge in [-0.05, 0) is 31.1 Å². The molecular weight excluding hydrogens is 136 g/mol. The molecule has 0 saturated heterocycles. The van der Waals surface area contributed by atoms with Gasteiger partial charge in [0.05, 0.1) is 6.26 Å². The van der Waals surface area contributed by atoms with Gasteiger partial charge in [-0.25, -0.2) is 0 Å². The molecule has 0 N–H and O–H groups in total. The summed E-state index contributed by atoms with van der Waals surface area (Å²) in [7, 11) is 0. The van der Waals surface area contributed by atoms with Crippen LogP contribution in [0.5, 0.6) is 0 Å². The Labute approximate surface area is 67.7 Å². The second kappa shape index (κ2) is 4.02. The third-order valence-corrected chi connectivity index (χ3v) is 1.65. The molecule has 0 radical (unpaired) electrons. The van der Waals surface area contributed by atoms with Crippen molar-refractivity contribution in [1.82, 2.24) is 0 Å². The van der Waals surface area contributed by atoms with Crippen molar-refractivity contribution in [3.63, 3.8) is 0 Å². The Morgan fingerprint density at radius 2 is 2.45 bits per heavy atom. The molecule has 0 aliphatic carbocycles. The van der Waals surface area contributed by atoms with Crippen LogP contribution in [0.2, 0.25) is 0 Å². The minimum atomic E-state index is 0.985. The molecule has 1 aromatic rings. The van der Waals surface area contributed by atoms with Crippen LogP contribution < -0.4 is 0 Å². The van der Waals surface area contributed by atoms with Crippen LogP contribution in [0.25, 0.3) is 5.57 Å². The van der Waals surface area contributed by atoms with Crippen LogP contribution in [0.15, 0.2) is 28.9 Å². The Morgan fingerprint density at radius 1 is 1.64 bits per heavy atom. The monoisotopic (exact) mass is 150 g/mol. The van der Waals surface area contributed by atoms with Crippen LogP contribution in [0.1, 0.15) is 32.4 Å². The van der Waals surface area contributed by atoms with E-state index in [-0.39, 0.29) is 0 Å². The average molecular weight is 150 g/mol. The zero-order valence-electron chi connectivity index (χ0n) is 7.13. The molecule has 1 aromatic heterocycles. The molecule has 11 heavy (non-hydrogen) atoms. The van der Waals surface area contributed by atoms with Gasteiger partial charge >= 0.3 is 0 Å². The van der Waals surface area contributed by atoms with Gasteiger partial charge in [0.2, 0.25) is 0 Å². The van der Waals surface area contributed by atoms with E-state index >= 15 is 0 Å². The van der Waals surface area contributed by atoms with Crippen LogP contribution >= 0.6 is 0 Å². The molecule has 0 aliphatic heterocycles. The maximum Gasteiger partial charge on any atom is 0.129 e. The Morgan fingerprint density at radius 3 is 3.00 bits per heavy atom. The number of allylic oxidation sites excluding steroid dienone is 2. The second-order valence-electron chi connectivity index (χ2n) is 2.65. The molecule has 0 atom stereocenters. The van der Waals surface area contributed by atoms with E-state index in [1.807, 2.05) is 12.1 Å². The minimum absolute atomic E-state index is 0.985. The third kappa shape index (κ3) is 2.26. The van der Waals surface area contributed by atoms with Gasteiger partial charge in [0.15, 0.2) is 0 Å². The Kier molecular flexibility index (Phi) is 2.96. The van der Waals surface area contributed by atoms with Crippen molar-refractivity contribution in [3.8, 4) is 0 Å². The van der Waals surface area contributed by atoms with Crippen LogP contribution in [-0.4, -0.2) is 0 Å². The standard InChI is InChI=1S/C10H14O/c1-3-4-6-9(2)10-7-5-8-11-10/h5-8H,3-4H2,1-2H3/b9-6+. The minimum Gasteiger partial charge on any atom is -0.465 e. The van der Waals surface area contributed by atoms with E-state index in [0.717, 1.165) is 12.2 Å². The first kappa shape index (κ1) is 8.12. The maximum atomic E-state index is 5.22. The summed E-state index contributed by atoms with van der Waals surface area (Å²) in [5.41, 5.74) is 1.23. The summed E-state index contributed by atoms with van der Waals surface area (Å²) in [5, 5.41) is 0. The van der Waals surface area contributed by atoms with Gasteiger partial charge < -0.3 is 4.42 Å². The maximum absolute atomic E-state index is 5.22. The van der Waals surface area contributed by atoms with E-state index in [4.69, 9.17) is 4.42 Å². The lowest BCUT2D eigenvalue weighted by molar-refractivity contribution is 0.552. The highest BCUT2D eigenvalue weighted by molar-refractivity contribution is 5.58. The van der Waals surface area contributed by atoms with Crippen LogP contribution in [-0.2, 0) is 0 Å². The van der Waals surface area contributed by atoms with Crippen molar-refractivity contribution in [2.75, 3.05) is 0 Å². The van der Waals surface area contributed by atoms with E-state index in [1.165, 1.54) is 12.0 Å². The zero-order chi connectivity index (χ0) is 8.10. The molecule has 0 bridgehead atoms. The van der Waals surface area contributed by atoms with E-state index < -0.39 is 0 Å². The normalized spacial score (nSPS) is 12.0. The predicted molar refractivity (Wildman–Crippen MR) is 47.3 cm³/mol. The summed E-state index contributed by atoms with van der Waals surface area (Å²) >= 11 is 0. The van der Waals surface area contributed by atoms with Gasteiger partial charge in [0.1, 0.15) is 5.76 Å². The van der Waals surface area contributed by atoms with E-state index in [1.54, 1.807) is 6.26 Å². The highest BCUT2D eigenvalue weighted by Gasteiger charge is 1.95. The second-order valence-corrected chi connectivity index (χ2v) is 2.65. The summed E-state index contributed by atoms with van der Waals surface area (Å²) in [4.78, 5) is 0. The lowest BCUT2D eigenvalue weighted by Gasteiger charge is -1.93. The fourth-order valence-corrected chi connectivity index (χ4v) is 0.964. The van der Waals surface area contributed by atoms with Crippen molar-refractivity contribution in [2.45, 2.75) is 26.7 Å². The molecule has 0 aromatic carbocycles. The summed E-state index contributed by atoms with van der Waals surface area (Å²) < 4.78 is 5.22. The van der Waals surface area contributed by atoms with Gasteiger partial charge in [-0.3, -0.25) is 0 Å². The molecule has 1 nitrogen and oxygen atoms in total. The number of hydrogen-bond acceptors (Lipinski definition) is 1.